The lowest BCUT2D eigenvalue weighted by molar-refractivity contribution is -0.128. The maximum Gasteiger partial charge on any atom is 0.225 e. The highest BCUT2D eigenvalue weighted by atomic mass is 16.2. The molecule has 6 nitrogen and oxygen atoms in total. The Morgan fingerprint density at radius 2 is 1.76 bits per heavy atom. The molecule has 0 aliphatic carbocycles. The summed E-state index contributed by atoms with van der Waals surface area (Å²) in [5.74, 6) is 1.80. The molecule has 146 valence electrons. The minimum Gasteiger partial charge on any atom is -0.357 e. The minimum atomic E-state index is -0.342. The first kappa shape index (κ1) is 21.7. The van der Waals surface area contributed by atoms with Gasteiger partial charge in [-0.25, -0.2) is 0 Å². The van der Waals surface area contributed by atoms with Gasteiger partial charge in [0.2, 0.25) is 5.91 Å². The van der Waals surface area contributed by atoms with E-state index in [9.17, 15) is 4.79 Å². The van der Waals surface area contributed by atoms with E-state index in [1.807, 2.05) is 20.8 Å². The second-order valence-corrected chi connectivity index (χ2v) is 8.07. The molecule has 1 saturated heterocycles. The van der Waals surface area contributed by atoms with Crippen molar-refractivity contribution in [2.24, 2.45) is 16.3 Å². The Labute approximate surface area is 154 Å². The number of carbonyl (C=O) groups is 1. The highest BCUT2D eigenvalue weighted by molar-refractivity contribution is 5.81. The molecular weight excluding hydrogens is 314 g/mol. The van der Waals surface area contributed by atoms with E-state index in [0.717, 1.165) is 37.9 Å². The summed E-state index contributed by atoms with van der Waals surface area (Å²) in [6, 6.07) is 0. The normalized spacial score (nSPS) is 17.4. The molecular formula is C19H39N5O. The van der Waals surface area contributed by atoms with E-state index in [4.69, 9.17) is 0 Å². The predicted octanol–water partition coefficient (Wildman–Crippen LogP) is 1.83. The summed E-state index contributed by atoms with van der Waals surface area (Å²) >= 11 is 0. The number of hydrogen-bond donors (Lipinski definition) is 3. The van der Waals surface area contributed by atoms with Gasteiger partial charge in [0.1, 0.15) is 0 Å². The van der Waals surface area contributed by atoms with Gasteiger partial charge in [-0.2, -0.15) is 0 Å². The smallest absolute Gasteiger partial charge is 0.225 e. The van der Waals surface area contributed by atoms with Gasteiger partial charge in [-0.15, -0.1) is 0 Å². The van der Waals surface area contributed by atoms with E-state index in [1.54, 1.807) is 0 Å². The number of likely N-dealkylation sites (tertiary alicyclic amines) is 1. The van der Waals surface area contributed by atoms with Gasteiger partial charge in [0.15, 0.2) is 5.96 Å². The van der Waals surface area contributed by atoms with E-state index >= 15 is 0 Å². The highest BCUT2D eigenvalue weighted by Gasteiger charge is 2.20. The largest absolute Gasteiger partial charge is 0.357 e. The van der Waals surface area contributed by atoms with Crippen molar-refractivity contribution >= 4 is 11.9 Å². The van der Waals surface area contributed by atoms with Crippen molar-refractivity contribution in [1.29, 1.82) is 0 Å². The first-order valence-corrected chi connectivity index (χ1v) is 9.85. The van der Waals surface area contributed by atoms with Crippen molar-refractivity contribution in [3.05, 3.63) is 0 Å². The Morgan fingerprint density at radius 1 is 1.12 bits per heavy atom. The van der Waals surface area contributed by atoms with Gasteiger partial charge < -0.3 is 20.9 Å². The number of guanidine groups is 1. The van der Waals surface area contributed by atoms with Crippen molar-refractivity contribution in [3.63, 3.8) is 0 Å². The van der Waals surface area contributed by atoms with E-state index in [0.29, 0.717) is 13.1 Å². The molecule has 0 bridgehead atoms. The summed E-state index contributed by atoms with van der Waals surface area (Å²) in [6.45, 7) is 16.7. The molecule has 0 aromatic rings. The summed E-state index contributed by atoms with van der Waals surface area (Å²) in [6.07, 6.45) is 3.74. The number of amides is 1. The van der Waals surface area contributed by atoms with Crippen LogP contribution in [0.1, 0.15) is 53.9 Å². The molecule has 6 heteroatoms. The molecule has 1 heterocycles. The number of piperidine rings is 1. The number of rotatable bonds is 8. The zero-order chi connectivity index (χ0) is 18.7. The standard InChI is InChI=1S/C19H39N5O/c1-6-20-18(23-12-11-21-17(25)19(3,4)5)22-10-7-13-24-14-8-16(2)9-15-24/h16H,6-15H2,1-5H3,(H,21,25)(H2,20,22,23). The van der Waals surface area contributed by atoms with Crippen LogP contribution in [-0.4, -0.2) is 62.6 Å². The highest BCUT2D eigenvalue weighted by Crippen LogP contribution is 2.15. The van der Waals surface area contributed by atoms with Crippen molar-refractivity contribution in [2.75, 3.05) is 45.8 Å². The first-order chi connectivity index (χ1) is 11.8. The molecule has 0 unspecified atom stereocenters. The van der Waals surface area contributed by atoms with Crippen molar-refractivity contribution < 1.29 is 4.79 Å². The summed E-state index contributed by atoms with van der Waals surface area (Å²) in [5.41, 5.74) is -0.342. The molecule has 1 fully saturated rings. The van der Waals surface area contributed by atoms with Gasteiger partial charge in [0, 0.05) is 31.6 Å². The van der Waals surface area contributed by atoms with Crippen LogP contribution in [0, 0.1) is 11.3 Å². The van der Waals surface area contributed by atoms with Crippen LogP contribution in [-0.2, 0) is 4.79 Å². The molecule has 0 aromatic carbocycles. The second kappa shape index (κ2) is 11.3. The average Bonchev–Trinajstić information content (AvgIpc) is 2.55. The summed E-state index contributed by atoms with van der Waals surface area (Å²) < 4.78 is 0. The molecule has 0 saturated carbocycles. The third-order valence-corrected chi connectivity index (χ3v) is 4.51. The SMILES string of the molecule is CCNC(=NCCCN1CCC(C)CC1)NCCNC(=O)C(C)(C)C. The lowest BCUT2D eigenvalue weighted by Gasteiger charge is -2.29. The number of carbonyl (C=O) groups excluding carboxylic acids is 1. The fraction of sp³-hybridized carbons (Fsp3) is 0.895. The summed E-state index contributed by atoms with van der Waals surface area (Å²) in [4.78, 5) is 19.0. The van der Waals surface area contributed by atoms with Gasteiger partial charge in [0.25, 0.3) is 0 Å². The van der Waals surface area contributed by atoms with E-state index in [1.165, 1.54) is 25.9 Å². The van der Waals surface area contributed by atoms with Crippen LogP contribution in [0.4, 0.5) is 0 Å². The molecule has 0 radical (unpaired) electrons. The Morgan fingerprint density at radius 3 is 2.36 bits per heavy atom. The van der Waals surface area contributed by atoms with Crippen LogP contribution in [0.5, 0.6) is 0 Å². The fourth-order valence-electron chi connectivity index (χ4n) is 2.73. The lowest BCUT2D eigenvalue weighted by atomic mass is 9.96. The summed E-state index contributed by atoms with van der Waals surface area (Å²) in [7, 11) is 0. The topological polar surface area (TPSA) is 68.8 Å². The first-order valence-electron chi connectivity index (χ1n) is 9.85. The molecule has 1 amide bonds. The number of aliphatic imine (C=N–C) groups is 1. The molecule has 1 rings (SSSR count). The maximum absolute atomic E-state index is 11.8. The van der Waals surface area contributed by atoms with Gasteiger partial charge >= 0.3 is 0 Å². The van der Waals surface area contributed by atoms with Crippen LogP contribution >= 0.6 is 0 Å². The zero-order valence-electron chi connectivity index (χ0n) is 17.0. The minimum absolute atomic E-state index is 0.0760. The van der Waals surface area contributed by atoms with Gasteiger partial charge in [0.05, 0.1) is 0 Å². The van der Waals surface area contributed by atoms with Crippen LogP contribution < -0.4 is 16.0 Å². The number of nitrogens with one attached hydrogen (secondary N) is 3. The van der Waals surface area contributed by atoms with Crippen molar-refractivity contribution in [2.45, 2.75) is 53.9 Å². The van der Waals surface area contributed by atoms with Crippen LogP contribution in [0.2, 0.25) is 0 Å². The van der Waals surface area contributed by atoms with E-state index < -0.39 is 0 Å². The maximum atomic E-state index is 11.8. The van der Waals surface area contributed by atoms with E-state index in [-0.39, 0.29) is 11.3 Å². The predicted molar refractivity (Wildman–Crippen MR) is 106 cm³/mol. The Balaban J connectivity index is 2.21. The Hall–Kier alpha value is -1.30. The molecule has 1 aliphatic rings. The summed E-state index contributed by atoms with van der Waals surface area (Å²) in [5, 5.41) is 9.48. The molecule has 0 atom stereocenters. The zero-order valence-corrected chi connectivity index (χ0v) is 17.0. The lowest BCUT2D eigenvalue weighted by Crippen LogP contribution is -2.43. The van der Waals surface area contributed by atoms with Crippen molar-refractivity contribution in [1.82, 2.24) is 20.9 Å². The van der Waals surface area contributed by atoms with Gasteiger partial charge in [-0.1, -0.05) is 27.7 Å². The average molecular weight is 354 g/mol. The number of nitrogens with zero attached hydrogens (tertiary/aromatic N) is 2. The Kier molecular flexibility index (Phi) is 9.86. The van der Waals surface area contributed by atoms with Crippen molar-refractivity contribution in [3.8, 4) is 0 Å². The van der Waals surface area contributed by atoms with Crippen LogP contribution in [0.3, 0.4) is 0 Å². The molecule has 25 heavy (non-hydrogen) atoms. The van der Waals surface area contributed by atoms with Crippen LogP contribution in [0.25, 0.3) is 0 Å². The monoisotopic (exact) mass is 353 g/mol. The van der Waals surface area contributed by atoms with E-state index in [2.05, 4.69) is 39.7 Å². The fourth-order valence-corrected chi connectivity index (χ4v) is 2.73. The third-order valence-electron chi connectivity index (χ3n) is 4.51. The Bertz CT molecular complexity index is 409. The quantitative estimate of drug-likeness (QED) is 0.354. The number of hydrogen-bond acceptors (Lipinski definition) is 3. The third kappa shape index (κ3) is 9.68. The molecule has 0 aromatic heterocycles. The van der Waals surface area contributed by atoms with Gasteiger partial charge in [-0.3, -0.25) is 9.79 Å². The van der Waals surface area contributed by atoms with Gasteiger partial charge in [-0.05, 0) is 51.7 Å². The molecule has 0 spiro atoms. The van der Waals surface area contributed by atoms with Crippen LogP contribution in [0.15, 0.2) is 4.99 Å². The molecule has 3 N–H and O–H groups in total. The second-order valence-electron chi connectivity index (χ2n) is 8.07. The molecule has 1 aliphatic heterocycles.